The number of nitrogens with zero attached hydrogens (tertiary/aromatic N) is 2. The molecule has 0 bridgehead atoms. The third-order valence-electron chi connectivity index (χ3n) is 8.07. The number of aromatic hydroxyl groups is 1. The molecule has 3 aliphatic heterocycles. The van der Waals surface area contributed by atoms with Crippen molar-refractivity contribution in [3.63, 3.8) is 0 Å². The Morgan fingerprint density at radius 1 is 1.14 bits per heavy atom. The van der Waals surface area contributed by atoms with Crippen molar-refractivity contribution in [2.24, 2.45) is 11.8 Å². The predicted molar refractivity (Wildman–Crippen MR) is 155 cm³/mol. The minimum absolute atomic E-state index is 0.0198. The van der Waals surface area contributed by atoms with Gasteiger partial charge in [0.1, 0.15) is 17.6 Å². The van der Waals surface area contributed by atoms with Gasteiger partial charge in [0, 0.05) is 18.8 Å². The van der Waals surface area contributed by atoms with E-state index < -0.39 is 40.1 Å². The van der Waals surface area contributed by atoms with Crippen molar-refractivity contribution in [3.05, 3.63) is 54.1 Å². The van der Waals surface area contributed by atoms with Crippen molar-refractivity contribution < 1.29 is 37.3 Å². The van der Waals surface area contributed by atoms with E-state index in [1.807, 2.05) is 13.8 Å². The minimum Gasteiger partial charge on any atom is -0.508 e. The van der Waals surface area contributed by atoms with E-state index in [4.69, 9.17) is 24.7 Å². The second-order valence-corrected chi connectivity index (χ2v) is 14.1. The van der Waals surface area contributed by atoms with Gasteiger partial charge in [-0.1, -0.05) is 26.0 Å². The zero-order chi connectivity index (χ0) is 30.2. The Hall–Kier alpha value is -2.90. The van der Waals surface area contributed by atoms with Crippen LogP contribution in [0.3, 0.4) is 0 Å². The number of rotatable bonds is 9. The molecule has 3 fully saturated rings. The summed E-state index contributed by atoms with van der Waals surface area (Å²) in [5.41, 5.74) is 6.04. The first-order valence-corrected chi connectivity index (χ1v) is 15.8. The summed E-state index contributed by atoms with van der Waals surface area (Å²) in [5, 5.41) is 9.83. The number of nitrogen functional groups attached to an aromatic ring is 1. The molecule has 0 aliphatic carbocycles. The van der Waals surface area contributed by atoms with Crippen LogP contribution in [-0.4, -0.2) is 85.4 Å². The van der Waals surface area contributed by atoms with E-state index in [9.17, 15) is 18.3 Å². The summed E-state index contributed by atoms with van der Waals surface area (Å²) < 4.78 is 52.9. The van der Waals surface area contributed by atoms with Gasteiger partial charge in [-0.25, -0.2) is 13.2 Å². The molecule has 230 valence electrons. The maximum atomic E-state index is 13.9. The highest BCUT2D eigenvalue weighted by Gasteiger charge is 2.53. The molecule has 3 N–H and O–H groups in total. The smallest absolute Gasteiger partial charge is 0.412 e. The standard InChI is InChI=1S/C30H41N3O8S/c1-19(2)16-32(42(36,37)23-11-7-21(31)8-12-23)17-26-25(15-20-5-9-22(34)10-6-20)33(30(3,4)41-26)29(35)40-27-18-39-28-24(27)13-14-38-28/h5-12,19,24-28,34H,13-18,31H2,1-4H3/t24-,25-,26+,27-,28+/m0/s1. The Morgan fingerprint density at radius 3 is 2.50 bits per heavy atom. The Morgan fingerprint density at radius 2 is 1.83 bits per heavy atom. The number of sulfonamides is 1. The van der Waals surface area contributed by atoms with Crippen molar-refractivity contribution in [2.75, 3.05) is 32.0 Å². The number of phenolic OH excluding ortho intramolecular Hbond substituents is 1. The zero-order valence-corrected chi connectivity index (χ0v) is 25.3. The third-order valence-corrected chi connectivity index (χ3v) is 9.91. The summed E-state index contributed by atoms with van der Waals surface area (Å²) in [7, 11) is -3.91. The number of amides is 1. The van der Waals surface area contributed by atoms with E-state index in [1.165, 1.54) is 16.4 Å². The van der Waals surface area contributed by atoms with Gasteiger partial charge in [-0.2, -0.15) is 4.31 Å². The average molecular weight is 604 g/mol. The molecule has 11 nitrogen and oxygen atoms in total. The molecule has 2 aromatic rings. The maximum Gasteiger partial charge on any atom is 0.412 e. The first-order chi connectivity index (χ1) is 19.8. The Kier molecular flexibility index (Phi) is 8.73. The number of hydrogen-bond acceptors (Lipinski definition) is 9. The molecule has 3 aliphatic rings. The van der Waals surface area contributed by atoms with Crippen molar-refractivity contribution in [2.45, 2.75) is 75.7 Å². The minimum atomic E-state index is -3.91. The Balaban J connectivity index is 1.45. The molecular weight excluding hydrogens is 562 g/mol. The molecular formula is C30H41N3O8S. The first kappa shape index (κ1) is 30.6. The molecule has 3 heterocycles. The lowest BCUT2D eigenvalue weighted by molar-refractivity contribution is -0.0911. The van der Waals surface area contributed by atoms with Crippen molar-refractivity contribution in [1.82, 2.24) is 9.21 Å². The van der Waals surface area contributed by atoms with Gasteiger partial charge >= 0.3 is 6.09 Å². The number of hydrogen-bond donors (Lipinski definition) is 2. The van der Waals surface area contributed by atoms with Crippen LogP contribution in [0.4, 0.5) is 10.5 Å². The molecule has 2 aromatic carbocycles. The van der Waals surface area contributed by atoms with Crippen LogP contribution < -0.4 is 5.73 Å². The maximum absolute atomic E-state index is 13.9. The third kappa shape index (κ3) is 6.37. The summed E-state index contributed by atoms with van der Waals surface area (Å²) in [5.74, 6) is 0.129. The van der Waals surface area contributed by atoms with Gasteiger partial charge in [-0.05, 0) is 74.6 Å². The van der Waals surface area contributed by atoms with Gasteiger partial charge in [0.05, 0.1) is 36.2 Å². The number of benzene rings is 2. The number of carbonyl (C=O) groups excluding carboxylic acids is 1. The van der Waals surface area contributed by atoms with Gasteiger partial charge in [0.15, 0.2) is 6.29 Å². The number of fused-ring (bicyclic) bond motifs is 1. The molecule has 3 saturated heterocycles. The van der Waals surface area contributed by atoms with E-state index in [2.05, 4.69) is 0 Å². The first-order valence-electron chi connectivity index (χ1n) is 14.4. The molecule has 0 spiro atoms. The van der Waals surface area contributed by atoms with Crippen LogP contribution in [0.2, 0.25) is 0 Å². The van der Waals surface area contributed by atoms with Crippen LogP contribution in [0.25, 0.3) is 0 Å². The van der Waals surface area contributed by atoms with E-state index in [1.54, 1.807) is 55.1 Å². The van der Waals surface area contributed by atoms with Crippen molar-refractivity contribution in [1.29, 1.82) is 0 Å². The van der Waals surface area contributed by atoms with Crippen LogP contribution in [0.5, 0.6) is 5.75 Å². The lowest BCUT2D eigenvalue weighted by Crippen LogP contribution is -2.51. The lowest BCUT2D eigenvalue weighted by Gasteiger charge is -2.34. The fraction of sp³-hybridized carbons (Fsp3) is 0.567. The van der Waals surface area contributed by atoms with Gasteiger partial charge < -0.3 is 29.8 Å². The molecule has 0 unspecified atom stereocenters. The highest BCUT2D eigenvalue weighted by atomic mass is 32.2. The second-order valence-electron chi connectivity index (χ2n) is 12.1. The molecule has 42 heavy (non-hydrogen) atoms. The molecule has 0 saturated carbocycles. The van der Waals surface area contributed by atoms with Crippen LogP contribution in [0, 0.1) is 11.8 Å². The molecule has 5 rings (SSSR count). The molecule has 12 heteroatoms. The predicted octanol–water partition coefficient (Wildman–Crippen LogP) is 3.57. The number of carbonyl (C=O) groups is 1. The summed E-state index contributed by atoms with van der Waals surface area (Å²) in [6.45, 7) is 8.56. The Labute approximate surface area is 247 Å². The molecule has 0 radical (unpaired) electrons. The van der Waals surface area contributed by atoms with Gasteiger partial charge in [0.25, 0.3) is 0 Å². The summed E-state index contributed by atoms with van der Waals surface area (Å²) in [6.07, 6.45) is -0.936. The van der Waals surface area contributed by atoms with Crippen LogP contribution in [0.1, 0.15) is 39.7 Å². The van der Waals surface area contributed by atoms with E-state index >= 15 is 0 Å². The quantitative estimate of drug-likeness (QED) is 0.412. The van der Waals surface area contributed by atoms with E-state index in [0.717, 1.165) is 12.0 Å². The van der Waals surface area contributed by atoms with Gasteiger partial charge in [-0.3, -0.25) is 4.90 Å². The normalized spacial score (nSPS) is 27.1. The lowest BCUT2D eigenvalue weighted by atomic mass is 9.99. The van der Waals surface area contributed by atoms with Gasteiger partial charge in [-0.15, -0.1) is 0 Å². The SMILES string of the molecule is CC(C)CN(C[C@H]1OC(C)(C)N(C(=O)O[C@H]2CO[C@H]3OCC[C@H]32)[C@H]1Cc1ccc(O)cc1)S(=O)(=O)c1ccc(N)cc1. The number of ether oxygens (including phenoxy) is 4. The fourth-order valence-electron chi connectivity index (χ4n) is 6.08. The van der Waals surface area contributed by atoms with Crippen LogP contribution in [-0.2, 0) is 35.4 Å². The number of anilines is 1. The second kappa shape index (κ2) is 12.0. The van der Waals surface area contributed by atoms with E-state index in [0.29, 0.717) is 18.7 Å². The van der Waals surface area contributed by atoms with Crippen molar-refractivity contribution in [3.8, 4) is 5.75 Å². The van der Waals surface area contributed by atoms with Crippen LogP contribution in [0.15, 0.2) is 53.4 Å². The van der Waals surface area contributed by atoms with Crippen LogP contribution >= 0.6 is 0 Å². The highest BCUT2D eigenvalue weighted by molar-refractivity contribution is 7.89. The molecule has 0 aromatic heterocycles. The topological polar surface area (TPSA) is 141 Å². The molecule has 5 atom stereocenters. The Bertz CT molecular complexity index is 1350. The average Bonchev–Trinajstić information content (AvgIpc) is 3.59. The summed E-state index contributed by atoms with van der Waals surface area (Å²) in [6, 6.07) is 12.3. The largest absolute Gasteiger partial charge is 0.508 e. The summed E-state index contributed by atoms with van der Waals surface area (Å²) >= 11 is 0. The fourth-order valence-corrected chi connectivity index (χ4v) is 7.70. The summed E-state index contributed by atoms with van der Waals surface area (Å²) in [4.78, 5) is 15.6. The monoisotopic (exact) mass is 603 g/mol. The highest BCUT2D eigenvalue weighted by Crippen LogP contribution is 2.38. The number of phenols is 1. The molecule has 1 amide bonds. The number of nitrogens with two attached hydrogens (primary N) is 1. The van der Waals surface area contributed by atoms with E-state index in [-0.39, 0.29) is 48.5 Å². The van der Waals surface area contributed by atoms with Gasteiger partial charge in [0.2, 0.25) is 10.0 Å². The zero-order valence-electron chi connectivity index (χ0n) is 24.5. The van der Waals surface area contributed by atoms with Crippen molar-refractivity contribution >= 4 is 21.8 Å².